The minimum absolute atomic E-state index is 0.0196. The number of nitro groups is 1. The van der Waals surface area contributed by atoms with Gasteiger partial charge in [0.1, 0.15) is 12.3 Å². The Morgan fingerprint density at radius 2 is 1.70 bits per heavy atom. The molecule has 1 aliphatic rings. The average molecular weight is 547 g/mol. The SMILES string of the molecule is O=C(C=Cc1ccc([N+](=O)[O-])cc1)N(CCCN1CCOCC1)CC(=O)N(Cc1ccccc1)Cc1ccco1. The van der Waals surface area contributed by atoms with Gasteiger partial charge in [0.25, 0.3) is 5.69 Å². The lowest BCUT2D eigenvalue weighted by Crippen LogP contribution is -2.43. The number of amides is 2. The van der Waals surface area contributed by atoms with Gasteiger partial charge in [0.15, 0.2) is 0 Å². The Labute approximate surface area is 233 Å². The van der Waals surface area contributed by atoms with Crippen molar-refractivity contribution < 1.29 is 23.7 Å². The van der Waals surface area contributed by atoms with E-state index in [2.05, 4.69) is 4.90 Å². The lowest BCUT2D eigenvalue weighted by molar-refractivity contribution is -0.384. The van der Waals surface area contributed by atoms with Gasteiger partial charge in [0.2, 0.25) is 11.8 Å². The van der Waals surface area contributed by atoms with Crippen molar-refractivity contribution in [3.63, 3.8) is 0 Å². The molecule has 2 aromatic carbocycles. The lowest BCUT2D eigenvalue weighted by atomic mass is 10.2. The Morgan fingerprint density at radius 1 is 0.950 bits per heavy atom. The molecule has 0 aliphatic carbocycles. The molecule has 40 heavy (non-hydrogen) atoms. The molecule has 4 rings (SSSR count). The van der Waals surface area contributed by atoms with E-state index in [0.29, 0.717) is 44.0 Å². The van der Waals surface area contributed by atoms with Crippen LogP contribution in [-0.2, 0) is 27.4 Å². The quantitative estimate of drug-likeness (QED) is 0.181. The Bertz CT molecular complexity index is 1260. The first-order valence-corrected chi connectivity index (χ1v) is 13.3. The van der Waals surface area contributed by atoms with Gasteiger partial charge in [0, 0.05) is 50.9 Å². The maximum absolute atomic E-state index is 13.6. The summed E-state index contributed by atoms with van der Waals surface area (Å²) < 4.78 is 10.9. The molecule has 0 unspecified atom stereocenters. The zero-order valence-electron chi connectivity index (χ0n) is 22.4. The molecule has 1 aliphatic heterocycles. The van der Waals surface area contributed by atoms with E-state index in [-0.39, 0.29) is 30.6 Å². The van der Waals surface area contributed by atoms with Crippen LogP contribution in [0.3, 0.4) is 0 Å². The first-order valence-electron chi connectivity index (χ1n) is 13.3. The fourth-order valence-electron chi connectivity index (χ4n) is 4.45. The number of nitrogens with zero attached hydrogens (tertiary/aromatic N) is 4. The molecule has 1 aromatic heterocycles. The number of non-ortho nitro benzene ring substituents is 1. The molecular formula is C30H34N4O6. The summed E-state index contributed by atoms with van der Waals surface area (Å²) in [5, 5.41) is 10.9. The number of hydrogen-bond donors (Lipinski definition) is 0. The maximum Gasteiger partial charge on any atom is 0.269 e. The Morgan fingerprint density at radius 3 is 2.38 bits per heavy atom. The van der Waals surface area contributed by atoms with E-state index < -0.39 is 4.92 Å². The second kappa shape index (κ2) is 14.8. The zero-order chi connectivity index (χ0) is 28.2. The van der Waals surface area contributed by atoms with Gasteiger partial charge in [0.05, 0.1) is 30.9 Å². The third kappa shape index (κ3) is 8.89. The molecule has 0 N–H and O–H groups in total. The van der Waals surface area contributed by atoms with Crippen molar-refractivity contribution in [1.29, 1.82) is 0 Å². The van der Waals surface area contributed by atoms with Gasteiger partial charge in [-0.3, -0.25) is 24.6 Å². The Hall–Kier alpha value is -4.28. The van der Waals surface area contributed by atoms with Crippen molar-refractivity contribution in [3.8, 4) is 0 Å². The van der Waals surface area contributed by atoms with E-state index in [1.54, 1.807) is 40.3 Å². The zero-order valence-corrected chi connectivity index (χ0v) is 22.4. The van der Waals surface area contributed by atoms with Crippen LogP contribution >= 0.6 is 0 Å². The molecule has 10 heteroatoms. The molecule has 0 spiro atoms. The highest BCUT2D eigenvalue weighted by molar-refractivity contribution is 5.94. The van der Waals surface area contributed by atoms with Gasteiger partial charge in [-0.25, -0.2) is 0 Å². The fraction of sp³-hybridized carbons (Fsp3) is 0.333. The number of carbonyl (C=O) groups excluding carboxylic acids is 2. The van der Waals surface area contributed by atoms with Gasteiger partial charge in [-0.15, -0.1) is 0 Å². The van der Waals surface area contributed by atoms with Crippen LogP contribution in [0.4, 0.5) is 5.69 Å². The number of benzene rings is 2. The molecule has 210 valence electrons. The van der Waals surface area contributed by atoms with E-state index >= 15 is 0 Å². The average Bonchev–Trinajstić information content (AvgIpc) is 3.49. The molecule has 1 fully saturated rings. The summed E-state index contributed by atoms with van der Waals surface area (Å²) in [5.41, 5.74) is 1.61. The van der Waals surface area contributed by atoms with E-state index in [1.807, 2.05) is 36.4 Å². The smallest absolute Gasteiger partial charge is 0.269 e. The molecule has 0 radical (unpaired) electrons. The Kier molecular flexibility index (Phi) is 10.6. The summed E-state index contributed by atoms with van der Waals surface area (Å²) in [4.78, 5) is 42.9. The third-order valence-corrected chi connectivity index (χ3v) is 6.66. The molecular weight excluding hydrogens is 512 g/mol. The maximum atomic E-state index is 13.6. The summed E-state index contributed by atoms with van der Waals surface area (Å²) >= 11 is 0. The summed E-state index contributed by atoms with van der Waals surface area (Å²) in [5.74, 6) is 0.169. The van der Waals surface area contributed by atoms with Crippen molar-refractivity contribution in [2.75, 3.05) is 45.9 Å². The van der Waals surface area contributed by atoms with Crippen molar-refractivity contribution in [3.05, 3.63) is 106 Å². The van der Waals surface area contributed by atoms with Crippen LogP contribution in [-0.4, -0.2) is 77.4 Å². The van der Waals surface area contributed by atoms with Crippen molar-refractivity contribution >= 4 is 23.6 Å². The molecule has 0 saturated carbocycles. The highest BCUT2D eigenvalue weighted by atomic mass is 16.6. The van der Waals surface area contributed by atoms with Crippen LogP contribution in [0.2, 0.25) is 0 Å². The molecule has 0 atom stereocenters. The minimum atomic E-state index is -0.468. The number of rotatable bonds is 13. The number of furan rings is 1. The van der Waals surface area contributed by atoms with E-state index in [1.165, 1.54) is 18.2 Å². The first kappa shape index (κ1) is 28.7. The largest absolute Gasteiger partial charge is 0.467 e. The number of nitro benzene ring substituents is 1. The van der Waals surface area contributed by atoms with E-state index in [9.17, 15) is 19.7 Å². The highest BCUT2D eigenvalue weighted by Gasteiger charge is 2.22. The predicted molar refractivity (Wildman–Crippen MR) is 150 cm³/mol. The number of ether oxygens (including phenoxy) is 1. The molecule has 10 nitrogen and oxygen atoms in total. The molecule has 2 heterocycles. The van der Waals surface area contributed by atoms with Crippen LogP contribution in [0.25, 0.3) is 6.08 Å². The predicted octanol–water partition coefficient (Wildman–Crippen LogP) is 3.98. The summed E-state index contributed by atoms with van der Waals surface area (Å²) in [6, 6.07) is 19.3. The van der Waals surface area contributed by atoms with E-state index in [0.717, 1.165) is 25.2 Å². The second-order valence-electron chi connectivity index (χ2n) is 9.56. The topological polar surface area (TPSA) is 109 Å². The van der Waals surface area contributed by atoms with Crippen LogP contribution in [0.15, 0.2) is 83.5 Å². The van der Waals surface area contributed by atoms with E-state index in [4.69, 9.17) is 9.15 Å². The van der Waals surface area contributed by atoms with Crippen LogP contribution in [0, 0.1) is 10.1 Å². The highest BCUT2D eigenvalue weighted by Crippen LogP contribution is 2.15. The first-order chi connectivity index (χ1) is 19.5. The minimum Gasteiger partial charge on any atom is -0.467 e. The van der Waals surface area contributed by atoms with Gasteiger partial charge in [-0.05, 0) is 47.9 Å². The van der Waals surface area contributed by atoms with Gasteiger partial charge in [-0.1, -0.05) is 30.3 Å². The monoisotopic (exact) mass is 546 g/mol. The van der Waals surface area contributed by atoms with Crippen molar-refractivity contribution in [1.82, 2.24) is 14.7 Å². The van der Waals surface area contributed by atoms with Crippen LogP contribution in [0.1, 0.15) is 23.3 Å². The third-order valence-electron chi connectivity index (χ3n) is 6.66. The normalized spacial score (nSPS) is 13.8. The summed E-state index contributed by atoms with van der Waals surface area (Å²) in [6.45, 7) is 4.88. The Balaban J connectivity index is 1.46. The number of morpholine rings is 1. The number of carbonyl (C=O) groups is 2. The summed E-state index contributed by atoms with van der Waals surface area (Å²) in [6.07, 6.45) is 5.31. The van der Waals surface area contributed by atoms with Crippen LogP contribution < -0.4 is 0 Å². The van der Waals surface area contributed by atoms with Crippen molar-refractivity contribution in [2.24, 2.45) is 0 Å². The summed E-state index contributed by atoms with van der Waals surface area (Å²) in [7, 11) is 0. The molecule has 2 amide bonds. The fourth-order valence-corrected chi connectivity index (χ4v) is 4.45. The molecule has 1 saturated heterocycles. The van der Waals surface area contributed by atoms with Gasteiger partial charge >= 0.3 is 0 Å². The second-order valence-corrected chi connectivity index (χ2v) is 9.56. The van der Waals surface area contributed by atoms with Crippen LogP contribution in [0.5, 0.6) is 0 Å². The number of hydrogen-bond acceptors (Lipinski definition) is 7. The van der Waals surface area contributed by atoms with Crippen molar-refractivity contribution in [2.45, 2.75) is 19.5 Å². The van der Waals surface area contributed by atoms with Gasteiger partial charge in [-0.2, -0.15) is 0 Å². The standard InChI is InChI=1S/C30H34N4O6/c35-29(14-11-25-9-12-27(13-10-25)34(37)38)32(16-5-15-31-17-20-39-21-18-31)24-30(36)33(23-28-8-4-19-40-28)22-26-6-2-1-3-7-26/h1-4,6-14,19H,5,15-18,20-24H2. The molecule has 3 aromatic rings. The lowest BCUT2D eigenvalue weighted by Gasteiger charge is -2.29. The van der Waals surface area contributed by atoms with Gasteiger partial charge < -0.3 is 19.0 Å². The molecule has 0 bridgehead atoms.